The molecule has 0 fully saturated rings. The van der Waals surface area contributed by atoms with Gasteiger partial charge in [-0.2, -0.15) is 0 Å². The van der Waals surface area contributed by atoms with E-state index in [1.54, 1.807) is 24.8 Å². The van der Waals surface area contributed by atoms with Crippen molar-refractivity contribution in [1.29, 1.82) is 0 Å². The first-order valence-corrected chi connectivity index (χ1v) is 5.33. The van der Waals surface area contributed by atoms with E-state index in [9.17, 15) is 0 Å². The fourth-order valence-electron chi connectivity index (χ4n) is 1.20. The summed E-state index contributed by atoms with van der Waals surface area (Å²) in [4.78, 5) is 7.95. The van der Waals surface area contributed by atoms with E-state index in [1.165, 1.54) is 0 Å². The summed E-state index contributed by atoms with van der Waals surface area (Å²) in [5.74, 6) is 0. The lowest BCUT2D eigenvalue weighted by Crippen LogP contribution is -1.78. The van der Waals surface area contributed by atoms with Gasteiger partial charge in [0.2, 0.25) is 0 Å². The number of pyridine rings is 2. The summed E-state index contributed by atoms with van der Waals surface area (Å²) in [6.45, 7) is 0. The van der Waals surface area contributed by atoms with Crippen molar-refractivity contribution in [2.45, 2.75) is 0 Å². The topological polar surface area (TPSA) is 25.8 Å². The molecule has 0 bridgehead atoms. The highest BCUT2D eigenvalue weighted by molar-refractivity contribution is 9.15. The largest absolute Gasteiger partial charge is 0.265 e. The maximum atomic E-state index is 3.98. The van der Waals surface area contributed by atoms with Gasteiger partial charge in [0.1, 0.15) is 0 Å². The van der Waals surface area contributed by atoms with Crippen LogP contribution in [-0.2, 0) is 0 Å². The van der Waals surface area contributed by atoms with Crippen molar-refractivity contribution in [3.63, 3.8) is 0 Å². The van der Waals surface area contributed by atoms with Gasteiger partial charge >= 0.3 is 0 Å². The fourth-order valence-corrected chi connectivity index (χ4v) is 1.73. The highest BCUT2D eigenvalue weighted by Gasteiger charge is 1.96. The summed E-state index contributed by atoms with van der Waals surface area (Å²) in [5, 5.41) is 0. The lowest BCUT2D eigenvalue weighted by Gasteiger charge is -1.98. The summed E-state index contributed by atoms with van der Waals surface area (Å²) in [5.41, 5.74) is 2.23. The van der Waals surface area contributed by atoms with E-state index < -0.39 is 0 Å². The second-order valence-corrected chi connectivity index (χ2v) is 3.86. The third-order valence-electron chi connectivity index (χ3n) is 1.96. The minimum absolute atomic E-state index is 1.04. The Morgan fingerprint density at radius 2 is 1.47 bits per heavy atom. The first-order valence-electron chi connectivity index (χ1n) is 4.54. The molecule has 74 valence electrons. The Morgan fingerprint density at radius 3 is 2.07 bits per heavy atom. The molecule has 0 saturated heterocycles. The predicted octanol–water partition coefficient (Wildman–Crippen LogP) is 3.37. The molecule has 15 heavy (non-hydrogen) atoms. The fraction of sp³-hybridized carbons (Fsp3) is 0. The Balaban J connectivity index is 2.29. The van der Waals surface area contributed by atoms with Crippen LogP contribution in [0.4, 0.5) is 0 Å². The number of halogens is 1. The number of aromatic nitrogens is 2. The molecular weight excluding hydrogens is 252 g/mol. The van der Waals surface area contributed by atoms with E-state index in [-0.39, 0.29) is 0 Å². The predicted molar refractivity (Wildman–Crippen MR) is 65.3 cm³/mol. The maximum Gasteiger partial charge on any atom is 0.0274 e. The molecule has 2 aromatic rings. The Bertz CT molecular complexity index is 452. The van der Waals surface area contributed by atoms with Crippen molar-refractivity contribution >= 4 is 26.5 Å². The molecule has 2 aromatic heterocycles. The highest BCUT2D eigenvalue weighted by Crippen LogP contribution is 2.22. The van der Waals surface area contributed by atoms with Gasteiger partial charge < -0.3 is 0 Å². The molecule has 0 unspecified atom stereocenters. The van der Waals surface area contributed by atoms with Gasteiger partial charge in [0.25, 0.3) is 0 Å². The van der Waals surface area contributed by atoms with Gasteiger partial charge in [0.05, 0.1) is 0 Å². The second kappa shape index (κ2) is 4.84. The van der Waals surface area contributed by atoms with Crippen LogP contribution in [-0.4, -0.2) is 9.97 Å². The minimum Gasteiger partial charge on any atom is -0.265 e. The molecule has 0 aliphatic heterocycles. The van der Waals surface area contributed by atoms with Crippen LogP contribution in [0.3, 0.4) is 0 Å². The highest BCUT2D eigenvalue weighted by atomic mass is 79.9. The van der Waals surface area contributed by atoms with Crippen molar-refractivity contribution in [3.05, 3.63) is 60.2 Å². The summed E-state index contributed by atoms with van der Waals surface area (Å²) in [7, 11) is 0. The monoisotopic (exact) mass is 260 g/mol. The third-order valence-corrected chi connectivity index (χ3v) is 2.64. The maximum absolute atomic E-state index is 3.98. The zero-order chi connectivity index (χ0) is 10.5. The summed E-state index contributed by atoms with van der Waals surface area (Å²) in [6.07, 6.45) is 9.16. The van der Waals surface area contributed by atoms with Crippen molar-refractivity contribution in [1.82, 2.24) is 9.97 Å². The first-order chi connectivity index (χ1) is 7.36. The van der Waals surface area contributed by atoms with Gasteiger partial charge in [-0.3, -0.25) is 9.97 Å². The van der Waals surface area contributed by atoms with E-state index in [4.69, 9.17) is 0 Å². The van der Waals surface area contributed by atoms with Crippen LogP contribution in [0.15, 0.2) is 49.1 Å². The zero-order valence-corrected chi connectivity index (χ0v) is 9.55. The van der Waals surface area contributed by atoms with Crippen LogP contribution >= 0.6 is 15.9 Å². The molecule has 0 radical (unpaired) electrons. The van der Waals surface area contributed by atoms with E-state index in [0.717, 1.165) is 15.6 Å². The smallest absolute Gasteiger partial charge is 0.0274 e. The van der Waals surface area contributed by atoms with E-state index in [1.807, 2.05) is 24.3 Å². The van der Waals surface area contributed by atoms with Crippen LogP contribution in [0.25, 0.3) is 10.6 Å². The van der Waals surface area contributed by atoms with E-state index >= 15 is 0 Å². The average Bonchev–Trinajstić information content (AvgIpc) is 2.31. The molecule has 2 heterocycles. The number of hydrogen-bond acceptors (Lipinski definition) is 2. The molecule has 0 N–H and O–H groups in total. The van der Waals surface area contributed by atoms with Gasteiger partial charge in [-0.05, 0) is 41.5 Å². The van der Waals surface area contributed by atoms with Gasteiger partial charge in [-0.1, -0.05) is 15.9 Å². The van der Waals surface area contributed by atoms with Crippen LogP contribution in [0.5, 0.6) is 0 Å². The number of hydrogen-bond donors (Lipinski definition) is 0. The summed E-state index contributed by atoms with van der Waals surface area (Å²) in [6, 6.07) is 7.84. The molecule has 0 aromatic carbocycles. The molecule has 0 aliphatic carbocycles. The Labute approximate surface area is 96.8 Å². The lowest BCUT2D eigenvalue weighted by atomic mass is 10.2. The van der Waals surface area contributed by atoms with Crippen LogP contribution < -0.4 is 0 Å². The molecule has 2 nitrogen and oxygen atoms in total. The molecule has 0 spiro atoms. The van der Waals surface area contributed by atoms with Crippen molar-refractivity contribution < 1.29 is 0 Å². The molecule has 0 aliphatic rings. The number of nitrogens with zero attached hydrogens (tertiary/aromatic N) is 2. The van der Waals surface area contributed by atoms with Crippen molar-refractivity contribution in [3.8, 4) is 0 Å². The van der Waals surface area contributed by atoms with E-state index in [2.05, 4.69) is 32.0 Å². The van der Waals surface area contributed by atoms with Crippen LogP contribution in [0.2, 0.25) is 0 Å². The molecular formula is C12H9BrN2. The molecule has 0 atom stereocenters. The summed E-state index contributed by atoms with van der Waals surface area (Å²) >= 11 is 3.54. The standard InChI is InChI=1S/C12H9BrN2/c13-12(11-3-7-15-8-4-11)9-10-1-5-14-6-2-10/h1-9H/b12-9-. The van der Waals surface area contributed by atoms with Gasteiger partial charge in [0.15, 0.2) is 0 Å². The van der Waals surface area contributed by atoms with Crippen molar-refractivity contribution in [2.24, 2.45) is 0 Å². The molecule has 0 amide bonds. The Hall–Kier alpha value is -1.48. The van der Waals surface area contributed by atoms with Crippen LogP contribution in [0, 0.1) is 0 Å². The number of rotatable bonds is 2. The van der Waals surface area contributed by atoms with Crippen molar-refractivity contribution in [2.75, 3.05) is 0 Å². The lowest BCUT2D eigenvalue weighted by molar-refractivity contribution is 1.32. The van der Waals surface area contributed by atoms with Gasteiger partial charge in [-0.25, -0.2) is 0 Å². The Kier molecular flexibility index (Phi) is 3.25. The third kappa shape index (κ3) is 2.73. The van der Waals surface area contributed by atoms with Crippen LogP contribution in [0.1, 0.15) is 11.1 Å². The van der Waals surface area contributed by atoms with Gasteiger partial charge in [-0.15, -0.1) is 0 Å². The minimum atomic E-state index is 1.04. The van der Waals surface area contributed by atoms with Gasteiger partial charge in [0, 0.05) is 29.3 Å². The molecule has 3 heteroatoms. The summed E-state index contributed by atoms with van der Waals surface area (Å²) < 4.78 is 1.04. The van der Waals surface area contributed by atoms with E-state index in [0.29, 0.717) is 0 Å². The second-order valence-electron chi connectivity index (χ2n) is 3.01. The zero-order valence-electron chi connectivity index (χ0n) is 7.97. The quantitative estimate of drug-likeness (QED) is 0.828. The normalized spacial score (nSPS) is 11.4. The SMILES string of the molecule is Br/C(=C\c1ccncc1)c1ccncc1. The first kappa shape index (κ1) is 10.1. The molecule has 2 rings (SSSR count). The Morgan fingerprint density at radius 1 is 0.933 bits per heavy atom. The average molecular weight is 261 g/mol. The molecule has 0 saturated carbocycles.